The largest absolute Gasteiger partial charge is 0.254 e. The number of nitrogens with zero attached hydrogens (tertiary/aromatic N) is 3. The molecular formula is C25H17N3. The Morgan fingerprint density at radius 2 is 0.893 bits per heavy atom. The van der Waals surface area contributed by atoms with E-state index in [2.05, 4.69) is 57.4 Å². The van der Waals surface area contributed by atoms with Gasteiger partial charge in [0.2, 0.25) is 0 Å². The summed E-state index contributed by atoms with van der Waals surface area (Å²) in [4.78, 5) is 13.3. The van der Waals surface area contributed by atoms with E-state index in [-0.39, 0.29) is 0 Å². The number of pyridine rings is 3. The van der Waals surface area contributed by atoms with Crippen LogP contribution in [0.2, 0.25) is 0 Å². The lowest BCUT2D eigenvalue weighted by Gasteiger charge is -2.00. The van der Waals surface area contributed by atoms with Crippen molar-refractivity contribution in [3.8, 4) is 0 Å². The van der Waals surface area contributed by atoms with Gasteiger partial charge in [-0.3, -0.25) is 9.97 Å². The first-order valence-corrected chi connectivity index (χ1v) is 9.21. The van der Waals surface area contributed by atoms with Gasteiger partial charge in [-0.15, -0.1) is 0 Å². The molecule has 0 N–H and O–H groups in total. The summed E-state index contributed by atoms with van der Waals surface area (Å²) in [5, 5.41) is 4.68. The molecule has 0 amide bonds. The minimum absolute atomic E-state index is 0.977. The summed E-state index contributed by atoms with van der Waals surface area (Å²) in [7, 11) is 0. The average molecular weight is 359 g/mol. The average Bonchev–Trinajstić information content (AvgIpc) is 2.78. The molecule has 3 aromatic carbocycles. The molecule has 0 aliphatic rings. The fraction of sp³-hybridized carbons (Fsp3) is 0. The quantitative estimate of drug-likeness (QED) is 0.240. The van der Waals surface area contributed by atoms with Crippen LogP contribution in [0.4, 0.5) is 0 Å². The summed E-state index contributed by atoms with van der Waals surface area (Å²) < 4.78 is 0. The molecule has 3 heterocycles. The first-order valence-electron chi connectivity index (χ1n) is 9.21. The molecular weight excluding hydrogens is 342 g/mol. The highest BCUT2D eigenvalue weighted by Gasteiger charge is 2.00. The normalized spacial score (nSPS) is 10.9. The Morgan fingerprint density at radius 1 is 0.429 bits per heavy atom. The van der Waals surface area contributed by atoms with Crippen LogP contribution in [0.5, 0.6) is 0 Å². The molecule has 6 aromatic rings. The van der Waals surface area contributed by atoms with Gasteiger partial charge in [0.25, 0.3) is 0 Å². The maximum Gasteiger partial charge on any atom is 0.0964 e. The molecule has 0 spiro atoms. The van der Waals surface area contributed by atoms with Crippen LogP contribution in [0.25, 0.3) is 43.6 Å². The Morgan fingerprint density at radius 3 is 1.43 bits per heavy atom. The van der Waals surface area contributed by atoms with E-state index in [1.807, 2.05) is 48.5 Å². The van der Waals surface area contributed by atoms with Gasteiger partial charge in [-0.05, 0) is 30.3 Å². The maximum atomic E-state index is 4.58. The molecule has 0 fully saturated rings. The van der Waals surface area contributed by atoms with Gasteiger partial charge in [0.15, 0.2) is 0 Å². The van der Waals surface area contributed by atoms with Crippen molar-refractivity contribution in [2.45, 2.75) is 0 Å². The first kappa shape index (κ1) is 16.3. The van der Waals surface area contributed by atoms with Gasteiger partial charge in [-0.1, -0.05) is 60.7 Å². The number of aromatic nitrogens is 3. The van der Waals surface area contributed by atoms with Crippen molar-refractivity contribution in [3.63, 3.8) is 0 Å². The Hall–Kier alpha value is -3.85. The number of hydrogen-bond donors (Lipinski definition) is 0. The SMILES string of the molecule is c1ccc2nc3ccccc3cc2c1.c1cnc2c(c1)ccc1cccnc12. The molecule has 0 aliphatic carbocycles. The zero-order chi connectivity index (χ0) is 18.8. The van der Waals surface area contributed by atoms with Crippen molar-refractivity contribution in [1.29, 1.82) is 0 Å². The lowest BCUT2D eigenvalue weighted by molar-refractivity contribution is 1.37. The highest BCUT2D eigenvalue weighted by Crippen LogP contribution is 2.21. The van der Waals surface area contributed by atoms with Gasteiger partial charge in [0.1, 0.15) is 0 Å². The lowest BCUT2D eigenvalue weighted by atomic mass is 10.1. The van der Waals surface area contributed by atoms with Crippen LogP contribution in [0.3, 0.4) is 0 Å². The van der Waals surface area contributed by atoms with Gasteiger partial charge < -0.3 is 0 Å². The Kier molecular flexibility index (Phi) is 4.11. The van der Waals surface area contributed by atoms with E-state index < -0.39 is 0 Å². The fourth-order valence-corrected chi connectivity index (χ4v) is 3.40. The molecule has 0 bridgehead atoms. The molecule has 0 unspecified atom stereocenters. The smallest absolute Gasteiger partial charge is 0.0964 e. The van der Waals surface area contributed by atoms with Gasteiger partial charge in [-0.2, -0.15) is 0 Å². The molecule has 0 saturated carbocycles. The van der Waals surface area contributed by atoms with Gasteiger partial charge >= 0.3 is 0 Å². The van der Waals surface area contributed by atoms with Crippen LogP contribution in [-0.4, -0.2) is 15.0 Å². The van der Waals surface area contributed by atoms with Crippen LogP contribution in [0, 0.1) is 0 Å². The number of rotatable bonds is 0. The third-order valence-corrected chi connectivity index (χ3v) is 4.77. The molecule has 3 aromatic heterocycles. The number of hydrogen-bond acceptors (Lipinski definition) is 3. The van der Waals surface area contributed by atoms with E-state index in [4.69, 9.17) is 0 Å². The molecule has 0 atom stereocenters. The monoisotopic (exact) mass is 359 g/mol. The van der Waals surface area contributed by atoms with Crippen LogP contribution in [0.15, 0.2) is 103 Å². The Bertz CT molecular complexity index is 1250. The highest BCUT2D eigenvalue weighted by atomic mass is 14.7. The van der Waals surface area contributed by atoms with Crippen molar-refractivity contribution in [2.24, 2.45) is 0 Å². The standard InChI is InChI=1S/C13H9N.C12H8N2/c1-3-7-12-10(5-1)9-11-6-2-4-8-13(11)14-12;1-3-9-5-6-10-4-2-8-14-12(10)11(9)13-7-1/h1-9H;1-8H. The molecule has 0 aliphatic heterocycles. The lowest BCUT2D eigenvalue weighted by Crippen LogP contribution is -1.83. The summed E-state index contributed by atoms with van der Waals surface area (Å²) >= 11 is 0. The van der Waals surface area contributed by atoms with E-state index in [0.717, 1.165) is 32.8 Å². The number of para-hydroxylation sites is 2. The molecule has 3 nitrogen and oxygen atoms in total. The predicted octanol–water partition coefficient (Wildman–Crippen LogP) is 6.17. The minimum atomic E-state index is 0.977. The maximum absolute atomic E-state index is 4.58. The summed E-state index contributed by atoms with van der Waals surface area (Å²) in [6.45, 7) is 0. The molecule has 0 saturated heterocycles. The van der Waals surface area contributed by atoms with Gasteiger partial charge in [0.05, 0.1) is 22.1 Å². The number of benzene rings is 3. The van der Waals surface area contributed by atoms with Crippen molar-refractivity contribution in [3.05, 3.63) is 103 Å². The number of fused-ring (bicyclic) bond motifs is 5. The van der Waals surface area contributed by atoms with Crippen LogP contribution < -0.4 is 0 Å². The molecule has 0 radical (unpaired) electrons. The topological polar surface area (TPSA) is 38.7 Å². The van der Waals surface area contributed by atoms with E-state index in [1.165, 1.54) is 10.8 Å². The van der Waals surface area contributed by atoms with Gasteiger partial charge in [-0.25, -0.2) is 4.98 Å². The van der Waals surface area contributed by atoms with Crippen molar-refractivity contribution in [2.75, 3.05) is 0 Å². The molecule has 28 heavy (non-hydrogen) atoms. The van der Waals surface area contributed by atoms with Gasteiger partial charge in [0, 0.05) is 33.9 Å². The third kappa shape index (κ3) is 3.03. The molecule has 132 valence electrons. The minimum Gasteiger partial charge on any atom is -0.254 e. The Balaban J connectivity index is 0.000000122. The van der Waals surface area contributed by atoms with E-state index in [9.17, 15) is 0 Å². The summed E-state index contributed by atoms with van der Waals surface area (Å²) in [5.41, 5.74) is 4.08. The van der Waals surface area contributed by atoms with Crippen molar-refractivity contribution in [1.82, 2.24) is 15.0 Å². The second-order valence-corrected chi connectivity index (χ2v) is 6.59. The summed E-state index contributed by atoms with van der Waals surface area (Å²) in [6.07, 6.45) is 3.60. The zero-order valence-electron chi connectivity index (χ0n) is 15.2. The van der Waals surface area contributed by atoms with Crippen LogP contribution in [-0.2, 0) is 0 Å². The van der Waals surface area contributed by atoms with Crippen molar-refractivity contribution >= 4 is 43.6 Å². The third-order valence-electron chi connectivity index (χ3n) is 4.77. The first-order chi connectivity index (χ1) is 13.9. The second-order valence-electron chi connectivity index (χ2n) is 6.59. The van der Waals surface area contributed by atoms with Crippen LogP contribution in [0.1, 0.15) is 0 Å². The van der Waals surface area contributed by atoms with E-state index in [1.54, 1.807) is 12.4 Å². The second kappa shape index (κ2) is 7.05. The molecule has 6 rings (SSSR count). The Labute approximate surface area is 162 Å². The van der Waals surface area contributed by atoms with E-state index >= 15 is 0 Å². The summed E-state index contributed by atoms with van der Waals surface area (Å²) in [6, 6.07) is 30.7. The van der Waals surface area contributed by atoms with Crippen LogP contribution >= 0.6 is 0 Å². The predicted molar refractivity (Wildman–Crippen MR) is 116 cm³/mol. The summed E-state index contributed by atoms with van der Waals surface area (Å²) in [5.74, 6) is 0. The molecule has 3 heteroatoms. The fourth-order valence-electron chi connectivity index (χ4n) is 3.40. The van der Waals surface area contributed by atoms with Crippen molar-refractivity contribution < 1.29 is 0 Å². The van der Waals surface area contributed by atoms with E-state index in [0.29, 0.717) is 0 Å². The highest BCUT2D eigenvalue weighted by molar-refractivity contribution is 6.02. The zero-order valence-corrected chi connectivity index (χ0v) is 15.2.